The van der Waals surface area contributed by atoms with E-state index < -0.39 is 6.04 Å². The lowest BCUT2D eigenvalue weighted by atomic mass is 9.81. The molecule has 26 heavy (non-hydrogen) atoms. The van der Waals surface area contributed by atoms with Crippen LogP contribution < -0.4 is 5.32 Å². The molecule has 2 aromatic heterocycles. The minimum Gasteiger partial charge on any atom is -0.381 e. The van der Waals surface area contributed by atoms with E-state index in [1.54, 1.807) is 20.2 Å². The molecule has 1 saturated carbocycles. The molecule has 2 aromatic rings. The highest BCUT2D eigenvalue weighted by Gasteiger charge is 2.32. The van der Waals surface area contributed by atoms with Crippen LogP contribution >= 0.6 is 11.3 Å². The van der Waals surface area contributed by atoms with Gasteiger partial charge in [0, 0.05) is 12.5 Å². The Kier molecular flexibility index (Phi) is 6.01. The molecule has 1 aliphatic carbocycles. The first kappa shape index (κ1) is 18.5. The highest BCUT2D eigenvalue weighted by Crippen LogP contribution is 2.35. The molecule has 0 saturated heterocycles. The Labute approximate surface area is 157 Å². The van der Waals surface area contributed by atoms with Crippen LogP contribution in [-0.2, 0) is 4.74 Å². The molecule has 0 aliphatic heterocycles. The van der Waals surface area contributed by atoms with E-state index in [0.717, 1.165) is 25.7 Å². The van der Waals surface area contributed by atoms with Crippen LogP contribution in [-0.4, -0.2) is 34.1 Å². The van der Waals surface area contributed by atoms with E-state index in [4.69, 9.17) is 10.00 Å². The maximum Gasteiger partial charge on any atom is 0.252 e. The number of aromatic nitrogens is 3. The third kappa shape index (κ3) is 4.11. The van der Waals surface area contributed by atoms with E-state index in [1.807, 2.05) is 16.8 Å². The second-order valence-electron chi connectivity index (χ2n) is 6.68. The zero-order valence-corrected chi connectivity index (χ0v) is 15.8. The van der Waals surface area contributed by atoms with Crippen molar-refractivity contribution in [2.45, 2.75) is 50.8 Å². The van der Waals surface area contributed by atoms with Gasteiger partial charge in [-0.3, -0.25) is 4.79 Å². The highest BCUT2D eigenvalue weighted by atomic mass is 32.1. The van der Waals surface area contributed by atoms with Gasteiger partial charge >= 0.3 is 0 Å². The van der Waals surface area contributed by atoms with E-state index >= 15 is 0 Å². The molecular weight excluding hydrogens is 350 g/mol. The van der Waals surface area contributed by atoms with E-state index in [-0.39, 0.29) is 24.0 Å². The number of thiophene rings is 1. The summed E-state index contributed by atoms with van der Waals surface area (Å²) in [5.41, 5.74) is 1.34. The third-order valence-corrected chi connectivity index (χ3v) is 5.65. The van der Waals surface area contributed by atoms with Crippen LogP contribution in [0, 0.1) is 17.2 Å². The normalized spacial score (nSPS) is 22.3. The topological polar surface area (TPSA) is 92.8 Å². The molecule has 8 heteroatoms. The van der Waals surface area contributed by atoms with Crippen molar-refractivity contribution in [1.29, 1.82) is 5.26 Å². The minimum atomic E-state index is -0.400. The van der Waals surface area contributed by atoms with Crippen molar-refractivity contribution in [2.75, 3.05) is 7.11 Å². The van der Waals surface area contributed by atoms with E-state index in [2.05, 4.69) is 21.7 Å². The number of hydrogen-bond acceptors (Lipinski definition) is 6. The molecular formula is C18H23N5O2S. The molecule has 1 N–H and O–H groups in total. The first-order valence-electron chi connectivity index (χ1n) is 8.79. The van der Waals surface area contributed by atoms with E-state index in [9.17, 15) is 4.79 Å². The van der Waals surface area contributed by atoms with Gasteiger partial charge in [-0.25, -0.2) is 4.68 Å². The van der Waals surface area contributed by atoms with E-state index in [1.165, 1.54) is 16.0 Å². The molecule has 2 heterocycles. The summed E-state index contributed by atoms with van der Waals surface area (Å²) in [7, 11) is 1.73. The Morgan fingerprint density at radius 2 is 2.38 bits per heavy atom. The number of nitriles is 1. The lowest BCUT2D eigenvalue weighted by Crippen LogP contribution is -2.37. The molecule has 3 rings (SSSR count). The van der Waals surface area contributed by atoms with Crippen LogP contribution in [0.15, 0.2) is 23.0 Å². The van der Waals surface area contributed by atoms with Crippen molar-refractivity contribution >= 4 is 17.2 Å². The van der Waals surface area contributed by atoms with Gasteiger partial charge in [-0.2, -0.15) is 16.6 Å². The maximum absolute atomic E-state index is 12.6. The summed E-state index contributed by atoms with van der Waals surface area (Å²) in [6.07, 6.45) is 5.92. The Hall–Kier alpha value is -2.24. The Morgan fingerprint density at radius 1 is 1.54 bits per heavy atom. The largest absolute Gasteiger partial charge is 0.381 e. The predicted molar refractivity (Wildman–Crippen MR) is 97.6 cm³/mol. The molecule has 7 nitrogen and oxygen atoms in total. The van der Waals surface area contributed by atoms with E-state index in [0.29, 0.717) is 11.3 Å². The first-order chi connectivity index (χ1) is 12.6. The SMILES string of the molecule is COC1CCCC([C@H](NC(=O)c2ccsc2)c2cn([C@@H](C)C#N)nn2)C1. The highest BCUT2D eigenvalue weighted by molar-refractivity contribution is 7.08. The molecule has 1 fully saturated rings. The van der Waals surface area contributed by atoms with Gasteiger partial charge in [0.05, 0.1) is 30.0 Å². The van der Waals surface area contributed by atoms with Gasteiger partial charge in [0.15, 0.2) is 0 Å². The van der Waals surface area contributed by atoms with Crippen LogP contribution in [0.1, 0.15) is 60.7 Å². The first-order valence-corrected chi connectivity index (χ1v) is 9.73. The van der Waals surface area contributed by atoms with Gasteiger partial charge in [-0.1, -0.05) is 11.6 Å². The van der Waals surface area contributed by atoms with Crippen molar-refractivity contribution in [1.82, 2.24) is 20.3 Å². The molecule has 0 bridgehead atoms. The molecule has 4 atom stereocenters. The monoisotopic (exact) mass is 373 g/mol. The Morgan fingerprint density at radius 3 is 3.08 bits per heavy atom. The van der Waals surface area contributed by atoms with Gasteiger partial charge in [0.2, 0.25) is 0 Å². The summed E-state index contributed by atoms with van der Waals surface area (Å²) in [5.74, 6) is 0.109. The number of hydrogen-bond donors (Lipinski definition) is 1. The molecule has 0 spiro atoms. The fourth-order valence-corrected chi connectivity index (χ4v) is 4.07. The van der Waals surface area contributed by atoms with Crippen molar-refractivity contribution in [2.24, 2.45) is 5.92 Å². The average Bonchev–Trinajstić information content (AvgIpc) is 3.37. The van der Waals surface area contributed by atoms with Crippen molar-refractivity contribution in [3.8, 4) is 6.07 Å². The van der Waals surface area contributed by atoms with Crippen molar-refractivity contribution < 1.29 is 9.53 Å². The van der Waals surface area contributed by atoms with Crippen molar-refractivity contribution in [3.63, 3.8) is 0 Å². The van der Waals surface area contributed by atoms with Crippen LogP contribution in [0.4, 0.5) is 0 Å². The third-order valence-electron chi connectivity index (χ3n) is 4.97. The quantitative estimate of drug-likeness (QED) is 0.840. The summed E-state index contributed by atoms with van der Waals surface area (Å²) in [6, 6.07) is 3.31. The Bertz CT molecular complexity index is 767. The number of nitrogens with one attached hydrogen (secondary N) is 1. The number of rotatable bonds is 6. The zero-order chi connectivity index (χ0) is 18.5. The fraction of sp³-hybridized carbons (Fsp3) is 0.556. The molecule has 1 aliphatic rings. The summed E-state index contributed by atoms with van der Waals surface area (Å²) in [6.45, 7) is 1.76. The smallest absolute Gasteiger partial charge is 0.252 e. The number of carbonyl (C=O) groups is 1. The van der Waals surface area contributed by atoms with Crippen molar-refractivity contribution in [3.05, 3.63) is 34.3 Å². The number of ether oxygens (including phenoxy) is 1. The number of amides is 1. The second-order valence-corrected chi connectivity index (χ2v) is 7.46. The fourth-order valence-electron chi connectivity index (χ4n) is 3.43. The Balaban J connectivity index is 1.84. The standard InChI is InChI=1S/C18H23N5O2S/c1-12(9-19)23-10-16(21-22-23)17(13-4-3-5-15(8-13)25-2)20-18(24)14-6-7-26-11-14/h6-7,10-13,15,17H,3-5,8H2,1-2H3,(H,20,24)/t12-,13?,15?,17-/m0/s1. The summed E-state index contributed by atoms with van der Waals surface area (Å²) in [5, 5.41) is 24.3. The lowest BCUT2D eigenvalue weighted by molar-refractivity contribution is 0.0405. The lowest BCUT2D eigenvalue weighted by Gasteiger charge is -2.33. The summed E-state index contributed by atoms with van der Waals surface area (Å²) >= 11 is 1.49. The van der Waals surface area contributed by atoms with Gasteiger partial charge < -0.3 is 10.1 Å². The molecule has 1 amide bonds. The zero-order valence-electron chi connectivity index (χ0n) is 15.0. The van der Waals surface area contributed by atoms with Gasteiger partial charge in [0.25, 0.3) is 5.91 Å². The molecule has 2 unspecified atom stereocenters. The maximum atomic E-state index is 12.6. The molecule has 0 aromatic carbocycles. The van der Waals surface area contributed by atoms with Gasteiger partial charge in [0.1, 0.15) is 11.7 Å². The summed E-state index contributed by atoms with van der Waals surface area (Å²) < 4.78 is 7.09. The van der Waals surface area contributed by atoms with Crippen LogP contribution in [0.25, 0.3) is 0 Å². The number of nitrogens with zero attached hydrogens (tertiary/aromatic N) is 4. The van der Waals surface area contributed by atoms with Gasteiger partial charge in [-0.05, 0) is 43.6 Å². The average molecular weight is 373 g/mol. The summed E-state index contributed by atoms with van der Waals surface area (Å²) in [4.78, 5) is 12.6. The second kappa shape index (κ2) is 8.43. The van der Waals surface area contributed by atoms with Crippen LogP contribution in [0.3, 0.4) is 0 Å². The number of methoxy groups -OCH3 is 1. The van der Waals surface area contributed by atoms with Crippen LogP contribution in [0.2, 0.25) is 0 Å². The molecule has 138 valence electrons. The van der Waals surface area contributed by atoms with Gasteiger partial charge in [-0.15, -0.1) is 5.10 Å². The minimum absolute atomic E-state index is 0.112. The molecule has 0 radical (unpaired) electrons. The van der Waals surface area contributed by atoms with Crippen LogP contribution in [0.5, 0.6) is 0 Å². The predicted octanol–water partition coefficient (Wildman–Crippen LogP) is 3.10. The number of carbonyl (C=O) groups excluding carboxylic acids is 1.